The van der Waals surface area contributed by atoms with Crippen LogP contribution < -0.4 is 5.32 Å². The summed E-state index contributed by atoms with van der Waals surface area (Å²) in [6, 6.07) is 1.32. The zero-order chi connectivity index (χ0) is 7.84. The van der Waals surface area contributed by atoms with Crippen LogP contribution in [0.15, 0.2) is 0 Å². The Morgan fingerprint density at radius 2 is 1.27 bits per heavy atom. The standard InChI is InChI=1S/C10H18N/c1-7(9-3-4-9)11-8(2)10-5-6-10/h7-10H,3-6H2,1-2H3. The molecule has 0 N–H and O–H groups in total. The summed E-state index contributed by atoms with van der Waals surface area (Å²) >= 11 is 0. The fourth-order valence-corrected chi connectivity index (χ4v) is 1.77. The van der Waals surface area contributed by atoms with E-state index < -0.39 is 0 Å². The Balaban J connectivity index is 1.69. The normalized spacial score (nSPS) is 30.0. The lowest BCUT2D eigenvalue weighted by Gasteiger charge is -2.16. The minimum absolute atomic E-state index is 0.658. The summed E-state index contributed by atoms with van der Waals surface area (Å²) in [5, 5.41) is 4.80. The van der Waals surface area contributed by atoms with E-state index >= 15 is 0 Å². The number of rotatable bonds is 4. The fraction of sp³-hybridized carbons (Fsp3) is 1.00. The maximum absolute atomic E-state index is 4.80. The van der Waals surface area contributed by atoms with Crippen LogP contribution in [-0.2, 0) is 0 Å². The minimum Gasteiger partial charge on any atom is -0.235 e. The first-order valence-electron chi connectivity index (χ1n) is 4.97. The van der Waals surface area contributed by atoms with Crippen LogP contribution in [0.25, 0.3) is 0 Å². The Kier molecular flexibility index (Phi) is 1.92. The second-order valence-corrected chi connectivity index (χ2v) is 4.31. The van der Waals surface area contributed by atoms with Crippen molar-refractivity contribution in [2.24, 2.45) is 11.8 Å². The Labute approximate surface area is 69.6 Å². The van der Waals surface area contributed by atoms with E-state index in [0.717, 1.165) is 11.8 Å². The third-order valence-corrected chi connectivity index (χ3v) is 3.08. The molecule has 2 unspecified atom stereocenters. The van der Waals surface area contributed by atoms with Gasteiger partial charge in [-0.05, 0) is 51.4 Å². The molecule has 2 saturated carbocycles. The zero-order valence-corrected chi connectivity index (χ0v) is 7.59. The van der Waals surface area contributed by atoms with Crippen LogP contribution >= 0.6 is 0 Å². The van der Waals surface area contributed by atoms with Gasteiger partial charge >= 0.3 is 0 Å². The highest BCUT2D eigenvalue weighted by Crippen LogP contribution is 2.36. The van der Waals surface area contributed by atoms with E-state index in [4.69, 9.17) is 5.32 Å². The van der Waals surface area contributed by atoms with Crippen molar-refractivity contribution in [1.29, 1.82) is 0 Å². The lowest BCUT2D eigenvalue weighted by atomic mass is 10.1. The number of nitrogens with zero attached hydrogens (tertiary/aromatic N) is 1. The van der Waals surface area contributed by atoms with Crippen molar-refractivity contribution in [3.05, 3.63) is 0 Å². The van der Waals surface area contributed by atoms with Gasteiger partial charge in [0, 0.05) is 12.1 Å². The molecular formula is C10H18N. The summed E-state index contributed by atoms with van der Waals surface area (Å²) in [6.07, 6.45) is 5.73. The predicted molar refractivity (Wildman–Crippen MR) is 46.5 cm³/mol. The molecule has 1 nitrogen and oxygen atoms in total. The molecule has 0 aromatic carbocycles. The minimum atomic E-state index is 0.658. The van der Waals surface area contributed by atoms with Gasteiger partial charge in [0.1, 0.15) is 0 Å². The van der Waals surface area contributed by atoms with Crippen molar-refractivity contribution in [3.8, 4) is 0 Å². The summed E-state index contributed by atoms with van der Waals surface area (Å²) < 4.78 is 0. The molecule has 2 atom stereocenters. The second kappa shape index (κ2) is 2.78. The third-order valence-electron chi connectivity index (χ3n) is 3.08. The van der Waals surface area contributed by atoms with Crippen LogP contribution in [0.5, 0.6) is 0 Å². The van der Waals surface area contributed by atoms with E-state index in [1.54, 1.807) is 0 Å². The first-order chi connectivity index (χ1) is 5.27. The third kappa shape index (κ3) is 1.96. The van der Waals surface area contributed by atoms with E-state index in [0.29, 0.717) is 12.1 Å². The SMILES string of the molecule is CC([N]C(C)C1CC1)C1CC1. The van der Waals surface area contributed by atoms with Crippen molar-refractivity contribution < 1.29 is 0 Å². The van der Waals surface area contributed by atoms with Gasteiger partial charge in [0.2, 0.25) is 0 Å². The van der Waals surface area contributed by atoms with Gasteiger partial charge < -0.3 is 0 Å². The van der Waals surface area contributed by atoms with Crippen molar-refractivity contribution in [2.45, 2.75) is 51.6 Å². The molecule has 0 aliphatic heterocycles. The van der Waals surface area contributed by atoms with Gasteiger partial charge in [-0.1, -0.05) is 0 Å². The van der Waals surface area contributed by atoms with Crippen LogP contribution in [0.2, 0.25) is 0 Å². The second-order valence-electron chi connectivity index (χ2n) is 4.31. The molecule has 2 aliphatic carbocycles. The molecule has 0 spiro atoms. The monoisotopic (exact) mass is 152 g/mol. The van der Waals surface area contributed by atoms with Gasteiger partial charge in [-0.15, -0.1) is 0 Å². The molecule has 63 valence electrons. The predicted octanol–water partition coefficient (Wildman–Crippen LogP) is 2.19. The average Bonchev–Trinajstić information content (AvgIpc) is 2.84. The summed E-state index contributed by atoms with van der Waals surface area (Å²) in [5.74, 6) is 1.91. The van der Waals surface area contributed by atoms with Gasteiger partial charge in [0.25, 0.3) is 0 Å². The van der Waals surface area contributed by atoms with Crippen molar-refractivity contribution in [2.75, 3.05) is 0 Å². The molecule has 2 aliphatic rings. The van der Waals surface area contributed by atoms with Crippen LogP contribution in [0, 0.1) is 11.8 Å². The van der Waals surface area contributed by atoms with Crippen molar-refractivity contribution in [1.82, 2.24) is 5.32 Å². The van der Waals surface area contributed by atoms with Crippen molar-refractivity contribution >= 4 is 0 Å². The smallest absolute Gasteiger partial charge is 0.0249 e. The highest BCUT2D eigenvalue weighted by Gasteiger charge is 2.34. The summed E-state index contributed by atoms with van der Waals surface area (Å²) in [6.45, 7) is 4.58. The van der Waals surface area contributed by atoms with Gasteiger partial charge in [0.15, 0.2) is 0 Å². The highest BCUT2D eigenvalue weighted by atomic mass is 15.0. The molecule has 2 rings (SSSR count). The Morgan fingerprint density at radius 1 is 0.909 bits per heavy atom. The van der Waals surface area contributed by atoms with E-state index in [1.807, 2.05) is 0 Å². The van der Waals surface area contributed by atoms with Gasteiger partial charge in [0.05, 0.1) is 0 Å². The van der Waals surface area contributed by atoms with E-state index in [-0.39, 0.29) is 0 Å². The number of hydrogen-bond acceptors (Lipinski definition) is 0. The van der Waals surface area contributed by atoms with Crippen LogP contribution in [0.1, 0.15) is 39.5 Å². The van der Waals surface area contributed by atoms with Crippen LogP contribution in [-0.4, -0.2) is 12.1 Å². The van der Waals surface area contributed by atoms with Gasteiger partial charge in [-0.25, -0.2) is 5.32 Å². The molecule has 1 heteroatoms. The maximum Gasteiger partial charge on any atom is 0.0249 e. The zero-order valence-electron chi connectivity index (χ0n) is 7.59. The first kappa shape index (κ1) is 7.60. The molecule has 2 fully saturated rings. The van der Waals surface area contributed by atoms with Gasteiger partial charge in [-0.2, -0.15) is 0 Å². The van der Waals surface area contributed by atoms with E-state index in [2.05, 4.69) is 13.8 Å². The highest BCUT2D eigenvalue weighted by molar-refractivity contribution is 4.89. The summed E-state index contributed by atoms with van der Waals surface area (Å²) in [5.41, 5.74) is 0. The average molecular weight is 152 g/mol. The van der Waals surface area contributed by atoms with E-state index in [9.17, 15) is 0 Å². The largest absolute Gasteiger partial charge is 0.235 e. The summed E-state index contributed by atoms with van der Waals surface area (Å²) in [4.78, 5) is 0. The Bertz CT molecular complexity index is 120. The lowest BCUT2D eigenvalue weighted by Crippen LogP contribution is -2.30. The quantitative estimate of drug-likeness (QED) is 0.586. The molecule has 0 aromatic rings. The molecule has 0 bridgehead atoms. The van der Waals surface area contributed by atoms with E-state index in [1.165, 1.54) is 25.7 Å². The molecule has 0 aromatic heterocycles. The topological polar surface area (TPSA) is 14.1 Å². The fourth-order valence-electron chi connectivity index (χ4n) is 1.77. The maximum atomic E-state index is 4.80. The van der Waals surface area contributed by atoms with Gasteiger partial charge in [-0.3, -0.25) is 0 Å². The molecule has 0 saturated heterocycles. The Hall–Kier alpha value is -0.0400. The molecular weight excluding hydrogens is 134 g/mol. The molecule has 0 heterocycles. The first-order valence-corrected chi connectivity index (χ1v) is 4.97. The lowest BCUT2D eigenvalue weighted by molar-refractivity contribution is 0.394. The van der Waals surface area contributed by atoms with Crippen molar-refractivity contribution in [3.63, 3.8) is 0 Å². The number of hydrogen-bond donors (Lipinski definition) is 0. The van der Waals surface area contributed by atoms with Crippen LogP contribution in [0.3, 0.4) is 0 Å². The molecule has 0 amide bonds. The Morgan fingerprint density at radius 3 is 1.55 bits per heavy atom. The summed E-state index contributed by atoms with van der Waals surface area (Å²) in [7, 11) is 0. The molecule has 1 radical (unpaired) electrons. The molecule has 11 heavy (non-hydrogen) atoms. The van der Waals surface area contributed by atoms with Crippen LogP contribution in [0.4, 0.5) is 0 Å².